The average Bonchev–Trinajstić information content (AvgIpc) is 2.98. The Morgan fingerprint density at radius 3 is 2.68 bits per heavy atom. The molecule has 0 bridgehead atoms. The maximum atomic E-state index is 6.08. The second-order valence-corrected chi connectivity index (χ2v) is 3.94. The fraction of sp³-hybridized carbons (Fsp3) is 0.0769. The molecule has 6 heteroatoms. The summed E-state index contributed by atoms with van der Waals surface area (Å²) in [7, 11) is 0. The van der Waals surface area contributed by atoms with Crippen LogP contribution in [-0.4, -0.2) is 20.1 Å². The molecular formula is C13H11N5O. The highest BCUT2D eigenvalue weighted by atomic mass is 16.5. The van der Waals surface area contributed by atoms with Crippen molar-refractivity contribution in [2.24, 2.45) is 5.73 Å². The van der Waals surface area contributed by atoms with Gasteiger partial charge < -0.3 is 10.3 Å². The number of nitrogens with two attached hydrogens (primary N) is 1. The van der Waals surface area contributed by atoms with Crippen molar-refractivity contribution in [1.82, 2.24) is 20.1 Å². The number of hydrogen-bond donors (Lipinski definition) is 1. The van der Waals surface area contributed by atoms with Crippen LogP contribution < -0.4 is 5.73 Å². The molecule has 1 atom stereocenters. The van der Waals surface area contributed by atoms with E-state index in [9.17, 15) is 0 Å². The van der Waals surface area contributed by atoms with Crippen LogP contribution in [0.15, 0.2) is 53.4 Å². The number of hydrogen-bond acceptors (Lipinski definition) is 6. The van der Waals surface area contributed by atoms with Gasteiger partial charge in [-0.2, -0.15) is 4.98 Å². The lowest BCUT2D eigenvalue weighted by Gasteiger charge is -2.05. The lowest BCUT2D eigenvalue weighted by atomic mass is 10.1. The number of benzene rings is 1. The minimum atomic E-state index is -0.445. The number of nitrogens with zero attached hydrogens (tertiary/aromatic N) is 4. The predicted molar refractivity (Wildman–Crippen MR) is 67.8 cm³/mol. The normalized spacial score (nSPS) is 12.3. The van der Waals surface area contributed by atoms with E-state index in [1.54, 1.807) is 18.6 Å². The lowest BCUT2D eigenvalue weighted by molar-refractivity contribution is 0.367. The molecule has 94 valence electrons. The fourth-order valence-corrected chi connectivity index (χ4v) is 1.68. The highest BCUT2D eigenvalue weighted by Gasteiger charge is 2.17. The second kappa shape index (κ2) is 4.95. The molecule has 0 amide bonds. The molecule has 0 radical (unpaired) electrons. The molecule has 2 N–H and O–H groups in total. The summed E-state index contributed by atoms with van der Waals surface area (Å²) in [5.74, 6) is 0.737. The molecule has 0 aliphatic heterocycles. The minimum Gasteiger partial charge on any atom is -0.337 e. The number of aromatic nitrogens is 4. The monoisotopic (exact) mass is 253 g/mol. The minimum absolute atomic E-state index is 0.354. The summed E-state index contributed by atoms with van der Waals surface area (Å²) in [5.41, 5.74) is 7.54. The second-order valence-electron chi connectivity index (χ2n) is 3.94. The summed E-state index contributed by atoms with van der Waals surface area (Å²) < 4.78 is 5.18. The van der Waals surface area contributed by atoms with Crippen LogP contribution in [0.5, 0.6) is 0 Å². The van der Waals surface area contributed by atoms with Gasteiger partial charge in [0.05, 0.1) is 6.20 Å². The van der Waals surface area contributed by atoms with E-state index >= 15 is 0 Å². The van der Waals surface area contributed by atoms with E-state index in [4.69, 9.17) is 10.3 Å². The Hall–Kier alpha value is -2.60. The third kappa shape index (κ3) is 2.34. The van der Waals surface area contributed by atoms with Gasteiger partial charge in [-0.3, -0.25) is 4.98 Å². The van der Waals surface area contributed by atoms with Gasteiger partial charge in [-0.25, -0.2) is 4.98 Å². The third-order valence-electron chi connectivity index (χ3n) is 2.66. The van der Waals surface area contributed by atoms with Crippen molar-refractivity contribution >= 4 is 0 Å². The molecule has 0 saturated heterocycles. The molecule has 0 spiro atoms. The summed E-state index contributed by atoms with van der Waals surface area (Å²) in [6, 6.07) is 9.13. The molecule has 0 aliphatic carbocycles. The van der Waals surface area contributed by atoms with Crippen molar-refractivity contribution in [3.8, 4) is 11.5 Å². The summed E-state index contributed by atoms with van der Waals surface area (Å²) in [6.45, 7) is 0. The van der Waals surface area contributed by atoms with E-state index < -0.39 is 6.04 Å². The van der Waals surface area contributed by atoms with Crippen LogP contribution >= 0.6 is 0 Å². The van der Waals surface area contributed by atoms with Gasteiger partial charge in [0.15, 0.2) is 0 Å². The molecule has 1 unspecified atom stereocenters. The van der Waals surface area contributed by atoms with Gasteiger partial charge >= 0.3 is 0 Å². The first-order chi connectivity index (χ1) is 9.34. The van der Waals surface area contributed by atoms with Gasteiger partial charge in [0, 0.05) is 12.4 Å². The molecule has 0 fully saturated rings. The summed E-state index contributed by atoms with van der Waals surface area (Å²) >= 11 is 0. The van der Waals surface area contributed by atoms with Gasteiger partial charge in [0.1, 0.15) is 11.7 Å². The molecule has 3 rings (SSSR count). The molecule has 1 aromatic carbocycles. The van der Waals surface area contributed by atoms with Crippen LogP contribution in [-0.2, 0) is 0 Å². The maximum absolute atomic E-state index is 6.08. The molecule has 19 heavy (non-hydrogen) atoms. The highest BCUT2D eigenvalue weighted by Crippen LogP contribution is 2.20. The van der Waals surface area contributed by atoms with Gasteiger partial charge in [-0.05, 0) is 5.56 Å². The smallest absolute Gasteiger partial charge is 0.248 e. The van der Waals surface area contributed by atoms with E-state index in [-0.39, 0.29) is 0 Å². The molecule has 2 aromatic heterocycles. The average molecular weight is 253 g/mol. The molecule has 2 heterocycles. The first kappa shape index (κ1) is 11.5. The fourth-order valence-electron chi connectivity index (χ4n) is 1.68. The summed E-state index contributed by atoms with van der Waals surface area (Å²) in [4.78, 5) is 12.3. The lowest BCUT2D eigenvalue weighted by Crippen LogP contribution is -2.12. The molecule has 0 aliphatic rings. The van der Waals surface area contributed by atoms with Gasteiger partial charge in [0.25, 0.3) is 0 Å². The van der Waals surface area contributed by atoms with Crippen LogP contribution in [0.25, 0.3) is 11.5 Å². The Balaban J connectivity index is 1.90. The first-order valence-corrected chi connectivity index (χ1v) is 5.75. The third-order valence-corrected chi connectivity index (χ3v) is 2.66. The van der Waals surface area contributed by atoms with Gasteiger partial charge in [-0.15, -0.1) is 0 Å². The van der Waals surface area contributed by atoms with Crippen LogP contribution in [0.2, 0.25) is 0 Å². The zero-order chi connectivity index (χ0) is 13.1. The van der Waals surface area contributed by atoms with E-state index in [0.717, 1.165) is 5.56 Å². The molecule has 6 nitrogen and oxygen atoms in total. The van der Waals surface area contributed by atoms with E-state index in [0.29, 0.717) is 17.4 Å². The van der Waals surface area contributed by atoms with Crippen LogP contribution in [0.4, 0.5) is 0 Å². The quantitative estimate of drug-likeness (QED) is 0.762. The molecular weight excluding hydrogens is 242 g/mol. The maximum Gasteiger partial charge on any atom is 0.248 e. The van der Waals surface area contributed by atoms with Crippen LogP contribution in [0, 0.1) is 0 Å². The Morgan fingerprint density at radius 2 is 1.95 bits per heavy atom. The predicted octanol–water partition coefficient (Wildman–Crippen LogP) is 1.57. The zero-order valence-electron chi connectivity index (χ0n) is 9.97. The molecule has 0 saturated carbocycles. The van der Waals surface area contributed by atoms with Crippen molar-refractivity contribution in [1.29, 1.82) is 0 Å². The SMILES string of the molecule is NC(c1ccccc1)c1nc(-c2cnccn2)no1. The van der Waals surface area contributed by atoms with Crippen molar-refractivity contribution < 1.29 is 4.52 Å². The van der Waals surface area contributed by atoms with Crippen molar-refractivity contribution in [2.45, 2.75) is 6.04 Å². The van der Waals surface area contributed by atoms with Crippen LogP contribution in [0.3, 0.4) is 0 Å². The molecule has 3 aromatic rings. The van der Waals surface area contributed by atoms with E-state index in [2.05, 4.69) is 20.1 Å². The largest absolute Gasteiger partial charge is 0.337 e. The van der Waals surface area contributed by atoms with Gasteiger partial charge in [-0.1, -0.05) is 35.5 Å². The van der Waals surface area contributed by atoms with Crippen molar-refractivity contribution in [3.63, 3.8) is 0 Å². The summed E-state index contributed by atoms with van der Waals surface area (Å²) in [6.07, 6.45) is 4.73. The Labute approximate surface area is 109 Å². The van der Waals surface area contributed by atoms with E-state index in [1.807, 2.05) is 30.3 Å². The zero-order valence-corrected chi connectivity index (χ0v) is 9.97. The Kier molecular flexibility index (Phi) is 2.99. The van der Waals surface area contributed by atoms with Gasteiger partial charge in [0.2, 0.25) is 11.7 Å². The Bertz CT molecular complexity index is 653. The first-order valence-electron chi connectivity index (χ1n) is 5.75. The standard InChI is InChI=1S/C13H11N5O/c14-11(9-4-2-1-3-5-9)13-17-12(18-19-13)10-8-15-6-7-16-10/h1-8,11H,14H2. The van der Waals surface area contributed by atoms with Crippen LogP contribution in [0.1, 0.15) is 17.5 Å². The number of rotatable bonds is 3. The Morgan fingerprint density at radius 1 is 1.11 bits per heavy atom. The van der Waals surface area contributed by atoms with E-state index in [1.165, 1.54) is 0 Å². The highest BCUT2D eigenvalue weighted by molar-refractivity contribution is 5.45. The summed E-state index contributed by atoms with van der Waals surface area (Å²) in [5, 5.41) is 3.86. The topological polar surface area (TPSA) is 90.7 Å². The van der Waals surface area contributed by atoms with Crippen molar-refractivity contribution in [2.75, 3.05) is 0 Å². The van der Waals surface area contributed by atoms with Crippen molar-refractivity contribution in [3.05, 3.63) is 60.4 Å².